The van der Waals surface area contributed by atoms with E-state index in [0.29, 0.717) is 6.21 Å². The number of esters is 1. The van der Waals surface area contributed by atoms with Crippen LogP contribution in [0.25, 0.3) is 10.8 Å². The minimum Gasteiger partial charge on any atom is -0.507 e. The van der Waals surface area contributed by atoms with Crippen molar-refractivity contribution in [3.63, 3.8) is 0 Å². The van der Waals surface area contributed by atoms with Gasteiger partial charge in [-0.2, -0.15) is 5.10 Å². The van der Waals surface area contributed by atoms with Crippen molar-refractivity contribution in [2.75, 3.05) is 45.5 Å². The van der Waals surface area contributed by atoms with E-state index >= 15 is 0 Å². The number of aliphatic hydroxyl groups is 2. The van der Waals surface area contributed by atoms with Crippen LogP contribution in [0.3, 0.4) is 0 Å². The highest BCUT2D eigenvalue weighted by atomic mass is 16.7. The molecule has 322 valence electrons. The fraction of sp³-hybridized carbons (Fsp3) is 0.535. The highest BCUT2D eigenvalue weighted by Crippen LogP contribution is 2.55. The van der Waals surface area contributed by atoms with Gasteiger partial charge in [0.05, 0.1) is 58.5 Å². The number of benzene rings is 2. The Bertz CT molecular complexity index is 2420. The van der Waals surface area contributed by atoms with Gasteiger partial charge in [-0.25, -0.2) is 0 Å². The van der Waals surface area contributed by atoms with Crippen molar-refractivity contribution in [2.24, 2.45) is 28.8 Å². The number of anilines is 1. The van der Waals surface area contributed by atoms with Gasteiger partial charge < -0.3 is 54.7 Å². The number of ether oxygens (including phenoxy) is 4. The van der Waals surface area contributed by atoms with E-state index in [9.17, 15) is 39.9 Å². The summed E-state index contributed by atoms with van der Waals surface area (Å²) in [5.41, 5.74) is -2.12. The van der Waals surface area contributed by atoms with E-state index < -0.39 is 142 Å². The van der Waals surface area contributed by atoms with Crippen LogP contribution >= 0.6 is 0 Å². The zero-order valence-electron chi connectivity index (χ0n) is 42.5. The Kier molecular flexibility index (Phi) is 10.6. The summed E-state index contributed by atoms with van der Waals surface area (Å²) in [6, 6.07) is 0. The summed E-state index contributed by atoms with van der Waals surface area (Å²) in [6.45, 7) is -1.69. The van der Waals surface area contributed by atoms with Crippen molar-refractivity contribution in [1.29, 1.82) is 0 Å². The SMILES string of the molecule is [2H]C1([2H])N(C)C([2H])([2H])C([2H])([2H])N(/N=C/c2c3c(O)c4c(O)c(C)c5c(c4c2O)C(=O)[C@@](C)(OC=C[C@H](OC)[C@@H](C)[C@@H](OC(C)=O)[C@H](C)[C@H](O)[C@H](C)[C@@H](O)[C@@H](C)C=CC=C(C)C(=O)N3)O5)C1([2H])[2H]. The number of aromatic hydroxyl groups is 3. The number of hydrogen-bond acceptors (Lipinski definition) is 15. The number of hydrogen-bond donors (Lipinski definition) is 6. The van der Waals surface area contributed by atoms with Crippen molar-refractivity contribution >= 4 is 40.3 Å². The van der Waals surface area contributed by atoms with Crippen LogP contribution in [-0.2, 0) is 23.8 Å². The summed E-state index contributed by atoms with van der Waals surface area (Å²) in [6.07, 6.45) is 3.00. The quantitative estimate of drug-likeness (QED) is 0.109. The number of carbonyl (C=O) groups is 3. The molecule has 0 radical (unpaired) electrons. The molecular weight excluding hydrogens is 764 g/mol. The number of nitrogens with zero attached hydrogens (tertiary/aromatic N) is 3. The second kappa shape index (κ2) is 18.0. The number of phenolic OH excluding ortho intramolecular Hbond substituents is 3. The van der Waals surface area contributed by atoms with E-state index in [0.717, 1.165) is 13.3 Å². The number of methoxy groups -OCH3 is 1. The molecule has 9 atom stereocenters. The maximum atomic E-state index is 14.6. The molecule has 2 aromatic rings. The van der Waals surface area contributed by atoms with Gasteiger partial charge in [-0.1, -0.05) is 45.9 Å². The number of piperazine rings is 1. The van der Waals surface area contributed by atoms with E-state index in [-0.39, 0.29) is 26.8 Å². The predicted molar refractivity (Wildman–Crippen MR) is 220 cm³/mol. The summed E-state index contributed by atoms with van der Waals surface area (Å²) >= 11 is 0. The first-order valence-corrected chi connectivity index (χ1v) is 18.9. The number of rotatable bonds is 4. The van der Waals surface area contributed by atoms with Crippen LogP contribution in [-0.4, -0.2) is 130 Å². The lowest BCUT2D eigenvalue weighted by molar-refractivity contribution is -0.160. The number of hydrazone groups is 1. The molecule has 2 aromatic carbocycles. The van der Waals surface area contributed by atoms with Gasteiger partial charge in [0, 0.05) is 92.6 Å². The second-order valence-corrected chi connectivity index (χ2v) is 15.2. The summed E-state index contributed by atoms with van der Waals surface area (Å²) < 4.78 is 91.5. The number of nitrogens with one attached hydrogen (secondary N) is 1. The van der Waals surface area contributed by atoms with Crippen LogP contribution in [0.15, 0.2) is 41.2 Å². The molecule has 59 heavy (non-hydrogen) atoms. The largest absolute Gasteiger partial charge is 0.507 e. The molecule has 4 heterocycles. The van der Waals surface area contributed by atoms with Crippen molar-refractivity contribution in [3.05, 3.63) is 52.8 Å². The number of phenols is 3. The van der Waals surface area contributed by atoms with E-state index in [1.54, 1.807) is 33.8 Å². The minimum absolute atomic E-state index is 0.0612. The molecule has 0 saturated carbocycles. The number of Topliss-reactive ketones (excluding diaryl/α,β-unsaturated/α-hetero) is 1. The lowest BCUT2D eigenvalue weighted by atomic mass is 9.78. The molecule has 0 aliphatic carbocycles. The van der Waals surface area contributed by atoms with E-state index in [4.69, 9.17) is 29.9 Å². The predicted octanol–water partition coefficient (Wildman–Crippen LogP) is 4.34. The molecule has 0 unspecified atom stereocenters. The molecule has 5 bridgehead atoms. The Morgan fingerprint density at radius 1 is 0.983 bits per heavy atom. The molecule has 1 fully saturated rings. The summed E-state index contributed by atoms with van der Waals surface area (Å²) in [7, 11) is 2.20. The average Bonchev–Trinajstić information content (AvgIpc) is 3.51. The van der Waals surface area contributed by atoms with Gasteiger partial charge in [-0.15, -0.1) is 0 Å². The molecule has 4 aliphatic heterocycles. The van der Waals surface area contributed by atoms with Gasteiger partial charge in [0.25, 0.3) is 11.7 Å². The van der Waals surface area contributed by atoms with Crippen LogP contribution in [0.5, 0.6) is 23.0 Å². The van der Waals surface area contributed by atoms with Crippen LogP contribution in [0.4, 0.5) is 5.69 Å². The zero-order valence-corrected chi connectivity index (χ0v) is 34.5. The number of fused-ring (bicyclic) bond motifs is 14. The number of allylic oxidation sites excluding steroid dienone is 2. The second-order valence-electron chi connectivity index (χ2n) is 15.2. The van der Waals surface area contributed by atoms with Crippen molar-refractivity contribution in [3.8, 4) is 23.0 Å². The molecule has 16 heteroatoms. The highest BCUT2D eigenvalue weighted by Gasteiger charge is 2.50. The first-order valence-electron chi connectivity index (χ1n) is 22.9. The first kappa shape index (κ1) is 34.7. The van der Waals surface area contributed by atoms with E-state index in [1.807, 2.05) is 0 Å². The molecule has 0 spiro atoms. The molecule has 1 amide bonds. The number of likely N-dealkylation sites (N-methyl/N-ethyl adjacent to an activating group) is 1. The number of aliphatic hydroxyl groups excluding tert-OH is 2. The molecule has 4 aliphatic rings. The number of ketones is 1. The van der Waals surface area contributed by atoms with Crippen LogP contribution in [0.2, 0.25) is 0 Å². The summed E-state index contributed by atoms with van der Waals surface area (Å²) in [5, 5.41) is 63.7. The summed E-state index contributed by atoms with van der Waals surface area (Å²) in [4.78, 5) is 41.1. The molecule has 6 N–H and O–H groups in total. The first-order chi connectivity index (χ1) is 30.8. The van der Waals surface area contributed by atoms with Crippen molar-refractivity contribution < 1.29 is 69.8 Å². The molecule has 1 saturated heterocycles. The fourth-order valence-corrected chi connectivity index (χ4v) is 7.35. The Morgan fingerprint density at radius 2 is 1.64 bits per heavy atom. The minimum atomic E-state index is -3.44. The average molecular weight is 831 g/mol. The Labute approximate surface area is 355 Å². The van der Waals surface area contributed by atoms with Gasteiger partial charge >= 0.3 is 11.8 Å². The summed E-state index contributed by atoms with van der Waals surface area (Å²) in [5.74, 6) is -10.8. The molecule has 16 nitrogen and oxygen atoms in total. The maximum Gasteiger partial charge on any atom is 0.312 e. The normalized spacial score (nSPS) is 35.5. The van der Waals surface area contributed by atoms with E-state index in [2.05, 4.69) is 10.4 Å². The highest BCUT2D eigenvalue weighted by molar-refractivity contribution is 6.23. The lowest BCUT2D eigenvalue weighted by Crippen LogP contribution is -2.46. The van der Waals surface area contributed by atoms with Crippen LogP contribution in [0, 0.1) is 30.6 Å². The van der Waals surface area contributed by atoms with Gasteiger partial charge in [-0.05, 0) is 27.0 Å². The number of amides is 1. The standard InChI is InChI=1S/C43H58N4O12/c1-21-12-11-13-22(2)42(55)45-33-28(20-44-47-17-15-46(9)16-18-47)37(52)30-31(38(33)53)36(51)26(6)40-32(30)41(54)43(8,59-40)57-19-14-29(56-10)23(3)39(58-27(7)48)25(5)35(50)24(4)34(21)49/h11-14,19-21,23-25,29,34-35,39,49-53H,15-18H2,1-10H3,(H,45,55)/b12-11?,19-14?,22-13?,44-20+/t21-,23+,24+,25+,29-,34-,35+,39+,43-/m0/s1/i15D2,16D2,17D2,18D2. The van der Waals surface area contributed by atoms with Gasteiger partial charge in [0.2, 0.25) is 0 Å². The maximum absolute atomic E-state index is 14.6. The Morgan fingerprint density at radius 3 is 2.27 bits per heavy atom. The van der Waals surface area contributed by atoms with Gasteiger partial charge in [0.15, 0.2) is 5.75 Å². The third kappa shape index (κ3) is 8.91. The molecule has 0 aromatic heterocycles. The van der Waals surface area contributed by atoms with Crippen LogP contribution in [0.1, 0.15) is 80.9 Å². The lowest BCUT2D eigenvalue weighted by Gasteiger charge is -2.38. The third-order valence-electron chi connectivity index (χ3n) is 11.0. The fourth-order valence-electron chi connectivity index (χ4n) is 7.35. The van der Waals surface area contributed by atoms with Crippen molar-refractivity contribution in [1.82, 2.24) is 9.91 Å². The van der Waals surface area contributed by atoms with E-state index in [1.165, 1.54) is 53.0 Å². The molecular formula is C43H58N4O12. The zero-order chi connectivity index (χ0) is 50.8. The van der Waals surface area contributed by atoms with Crippen LogP contribution < -0.4 is 10.1 Å². The number of carbonyl (C=O) groups excluding carboxylic acids is 3. The third-order valence-corrected chi connectivity index (χ3v) is 11.0. The smallest absolute Gasteiger partial charge is 0.312 e. The Hall–Kier alpha value is -5.16. The Balaban J connectivity index is 1.79. The van der Waals surface area contributed by atoms with Gasteiger partial charge in [0.1, 0.15) is 23.4 Å². The topological polar surface area (TPSA) is 220 Å². The van der Waals surface area contributed by atoms with Gasteiger partial charge in [-0.3, -0.25) is 19.4 Å². The monoisotopic (exact) mass is 830 g/mol. The van der Waals surface area contributed by atoms with Crippen molar-refractivity contribution in [2.45, 2.75) is 85.6 Å². The molecule has 6 rings (SSSR count).